The summed E-state index contributed by atoms with van der Waals surface area (Å²) in [5, 5.41) is 14.2. The van der Waals surface area contributed by atoms with Crippen molar-refractivity contribution in [2.75, 3.05) is 0 Å². The summed E-state index contributed by atoms with van der Waals surface area (Å²) in [5.41, 5.74) is 6.00. The second-order valence-electron chi connectivity index (χ2n) is 8.11. The zero-order valence-electron chi connectivity index (χ0n) is 19.0. The number of pyridine rings is 1. The van der Waals surface area contributed by atoms with Gasteiger partial charge < -0.3 is 0 Å². The fourth-order valence-corrected chi connectivity index (χ4v) is 4.19. The van der Waals surface area contributed by atoms with Gasteiger partial charge in [0.15, 0.2) is 0 Å². The van der Waals surface area contributed by atoms with Gasteiger partial charge in [-0.1, -0.05) is 50.6 Å². The lowest BCUT2D eigenvalue weighted by molar-refractivity contribution is 0.496. The normalized spacial score (nSPS) is 12.2. The molecule has 1 unspecified atom stereocenters. The molecule has 3 aromatic heterocycles. The number of rotatable bonds is 8. The molecule has 0 aliphatic carbocycles. The van der Waals surface area contributed by atoms with Gasteiger partial charge in [0.25, 0.3) is 0 Å². The van der Waals surface area contributed by atoms with Gasteiger partial charge in [-0.3, -0.25) is 14.1 Å². The van der Waals surface area contributed by atoms with Crippen LogP contribution in [0.2, 0.25) is 0 Å². The Hall–Kier alpha value is -3.55. The number of tetrazole rings is 1. The highest BCUT2D eigenvalue weighted by molar-refractivity contribution is 5.77. The zero-order valence-corrected chi connectivity index (χ0v) is 19.0. The van der Waals surface area contributed by atoms with Crippen LogP contribution in [0.4, 0.5) is 0 Å². The van der Waals surface area contributed by atoms with E-state index in [0.717, 1.165) is 47.3 Å². The number of hydrogen-bond acceptors (Lipinski definition) is 5. The standard InChI is InChI=1S/C24H29N7O/c1-5-8-21-17(4)31(16(3)6-2)24(32)30(21)15-18-10-12-19(13-11-18)20-9-7-14-25-22(20)23-26-28-29-27-23/h7,9-14,16H,5-6,8,15H2,1-4H3,(H,26,27,28,29). The first-order chi connectivity index (χ1) is 15.5. The molecule has 0 amide bonds. The lowest BCUT2D eigenvalue weighted by Gasteiger charge is -2.11. The topological polar surface area (TPSA) is 94.3 Å². The Labute approximate surface area is 187 Å². The van der Waals surface area contributed by atoms with Crippen LogP contribution in [-0.4, -0.2) is 34.7 Å². The van der Waals surface area contributed by atoms with Crippen molar-refractivity contribution in [3.8, 4) is 22.6 Å². The maximum absolute atomic E-state index is 13.2. The van der Waals surface area contributed by atoms with Gasteiger partial charge in [-0.2, -0.15) is 5.21 Å². The van der Waals surface area contributed by atoms with Crippen LogP contribution in [0.5, 0.6) is 0 Å². The summed E-state index contributed by atoms with van der Waals surface area (Å²) in [6.45, 7) is 9.01. The maximum atomic E-state index is 13.2. The van der Waals surface area contributed by atoms with E-state index in [1.807, 2.05) is 21.3 Å². The first kappa shape index (κ1) is 21.7. The highest BCUT2D eigenvalue weighted by Gasteiger charge is 2.19. The summed E-state index contributed by atoms with van der Waals surface area (Å²) in [5.74, 6) is 0.460. The van der Waals surface area contributed by atoms with Crippen LogP contribution in [-0.2, 0) is 13.0 Å². The van der Waals surface area contributed by atoms with Gasteiger partial charge in [0.2, 0.25) is 5.82 Å². The van der Waals surface area contributed by atoms with Crippen LogP contribution in [0, 0.1) is 6.92 Å². The van der Waals surface area contributed by atoms with Crippen LogP contribution in [0.1, 0.15) is 56.6 Å². The average Bonchev–Trinajstić information content (AvgIpc) is 3.43. The molecule has 0 bridgehead atoms. The SMILES string of the molecule is CCCc1c(C)n(C(C)CC)c(=O)n1Cc1ccc(-c2cccnc2-c2nn[nH]n2)cc1. The molecule has 0 saturated carbocycles. The molecule has 0 radical (unpaired) electrons. The lowest BCUT2D eigenvalue weighted by Crippen LogP contribution is -2.27. The molecule has 1 atom stereocenters. The molecule has 3 heterocycles. The predicted octanol–water partition coefficient (Wildman–Crippen LogP) is 4.17. The Morgan fingerprint density at radius 3 is 2.56 bits per heavy atom. The van der Waals surface area contributed by atoms with Gasteiger partial charge in [0.1, 0.15) is 5.69 Å². The number of aromatic nitrogens is 7. The van der Waals surface area contributed by atoms with Crippen LogP contribution in [0.15, 0.2) is 47.4 Å². The Bertz CT molecular complexity index is 1240. The number of imidazole rings is 1. The minimum atomic E-state index is 0.0797. The third-order valence-corrected chi connectivity index (χ3v) is 6.03. The number of benzene rings is 1. The summed E-state index contributed by atoms with van der Waals surface area (Å²) >= 11 is 0. The monoisotopic (exact) mass is 431 g/mol. The summed E-state index contributed by atoms with van der Waals surface area (Å²) < 4.78 is 3.89. The van der Waals surface area contributed by atoms with Gasteiger partial charge >= 0.3 is 5.69 Å². The first-order valence-electron chi connectivity index (χ1n) is 11.1. The minimum Gasteiger partial charge on any atom is -0.294 e. The van der Waals surface area contributed by atoms with E-state index in [-0.39, 0.29) is 11.7 Å². The highest BCUT2D eigenvalue weighted by atomic mass is 16.1. The number of H-pyrrole nitrogens is 1. The third-order valence-electron chi connectivity index (χ3n) is 6.03. The summed E-state index contributed by atoms with van der Waals surface area (Å²) in [6, 6.07) is 12.3. The number of nitrogens with one attached hydrogen (secondary N) is 1. The zero-order chi connectivity index (χ0) is 22.7. The second-order valence-corrected chi connectivity index (χ2v) is 8.11. The van der Waals surface area contributed by atoms with Crippen LogP contribution in [0.3, 0.4) is 0 Å². The van der Waals surface area contributed by atoms with E-state index in [1.54, 1.807) is 6.20 Å². The van der Waals surface area contributed by atoms with E-state index in [9.17, 15) is 4.79 Å². The molecule has 32 heavy (non-hydrogen) atoms. The first-order valence-corrected chi connectivity index (χ1v) is 11.1. The third kappa shape index (κ3) is 4.00. The molecule has 166 valence electrons. The second kappa shape index (κ2) is 9.30. The van der Waals surface area contributed by atoms with Gasteiger partial charge in [0, 0.05) is 29.2 Å². The van der Waals surface area contributed by atoms with E-state index in [4.69, 9.17) is 0 Å². The van der Waals surface area contributed by atoms with Crippen LogP contribution < -0.4 is 5.69 Å². The van der Waals surface area contributed by atoms with Crippen molar-refractivity contribution < 1.29 is 0 Å². The Balaban J connectivity index is 1.67. The molecule has 0 saturated heterocycles. The Kier molecular flexibility index (Phi) is 6.30. The number of hydrogen-bond donors (Lipinski definition) is 1. The Morgan fingerprint density at radius 1 is 1.12 bits per heavy atom. The Morgan fingerprint density at radius 2 is 1.91 bits per heavy atom. The molecular weight excluding hydrogens is 402 g/mol. The summed E-state index contributed by atoms with van der Waals surface area (Å²) in [7, 11) is 0. The van der Waals surface area contributed by atoms with E-state index in [0.29, 0.717) is 18.1 Å². The molecular formula is C24H29N7O. The van der Waals surface area contributed by atoms with Gasteiger partial charge in [-0.25, -0.2) is 4.79 Å². The van der Waals surface area contributed by atoms with Crippen molar-refractivity contribution in [1.82, 2.24) is 34.7 Å². The van der Waals surface area contributed by atoms with E-state index in [2.05, 4.69) is 77.6 Å². The van der Waals surface area contributed by atoms with Crippen molar-refractivity contribution in [2.45, 2.75) is 59.5 Å². The molecule has 1 aromatic carbocycles. The summed E-state index contributed by atoms with van der Waals surface area (Å²) in [4.78, 5) is 17.7. The average molecular weight is 432 g/mol. The fourth-order valence-electron chi connectivity index (χ4n) is 4.19. The van der Waals surface area contributed by atoms with Crippen molar-refractivity contribution >= 4 is 0 Å². The molecule has 0 aliphatic rings. The quantitative estimate of drug-likeness (QED) is 0.452. The molecule has 0 aliphatic heterocycles. The molecule has 8 nitrogen and oxygen atoms in total. The van der Waals surface area contributed by atoms with Crippen molar-refractivity contribution in [2.24, 2.45) is 0 Å². The van der Waals surface area contributed by atoms with Gasteiger partial charge in [-0.15, -0.1) is 10.2 Å². The fraction of sp³-hybridized carbons (Fsp3) is 0.375. The van der Waals surface area contributed by atoms with Crippen molar-refractivity contribution in [1.29, 1.82) is 0 Å². The molecule has 4 aromatic rings. The predicted molar refractivity (Wildman–Crippen MR) is 124 cm³/mol. The van der Waals surface area contributed by atoms with E-state index >= 15 is 0 Å². The number of aromatic amines is 1. The van der Waals surface area contributed by atoms with Crippen molar-refractivity contribution in [3.05, 3.63) is 70.0 Å². The molecule has 1 N–H and O–H groups in total. The van der Waals surface area contributed by atoms with Gasteiger partial charge in [0.05, 0.1) is 6.54 Å². The van der Waals surface area contributed by atoms with Crippen LogP contribution in [0.25, 0.3) is 22.6 Å². The molecule has 4 rings (SSSR count). The van der Waals surface area contributed by atoms with Crippen molar-refractivity contribution in [3.63, 3.8) is 0 Å². The molecule has 8 heteroatoms. The maximum Gasteiger partial charge on any atom is 0.329 e. The highest BCUT2D eigenvalue weighted by Crippen LogP contribution is 2.28. The molecule has 0 spiro atoms. The summed E-state index contributed by atoms with van der Waals surface area (Å²) in [6.07, 6.45) is 4.55. The van der Waals surface area contributed by atoms with E-state index in [1.165, 1.54) is 0 Å². The largest absolute Gasteiger partial charge is 0.329 e. The minimum absolute atomic E-state index is 0.0797. The van der Waals surface area contributed by atoms with Gasteiger partial charge in [-0.05, 0) is 49.1 Å². The lowest BCUT2D eigenvalue weighted by atomic mass is 10.0. The van der Waals surface area contributed by atoms with Crippen LogP contribution >= 0.6 is 0 Å². The smallest absolute Gasteiger partial charge is 0.294 e. The molecule has 0 fully saturated rings. The number of nitrogens with zero attached hydrogens (tertiary/aromatic N) is 6. The van der Waals surface area contributed by atoms with E-state index < -0.39 is 0 Å².